The molecule has 2 unspecified atom stereocenters. The van der Waals surface area contributed by atoms with Gasteiger partial charge in [0.05, 0.1) is 21.7 Å². The molecular formula is C45H48ClN7O6. The summed E-state index contributed by atoms with van der Waals surface area (Å²) in [6.07, 6.45) is 2.10. The summed E-state index contributed by atoms with van der Waals surface area (Å²) in [5.41, 5.74) is 4.11. The van der Waals surface area contributed by atoms with Gasteiger partial charge in [0.2, 0.25) is 11.8 Å². The highest BCUT2D eigenvalue weighted by Crippen LogP contribution is 2.59. The van der Waals surface area contributed by atoms with Crippen LogP contribution in [0, 0.1) is 22.2 Å². The fourth-order valence-electron chi connectivity index (χ4n) is 11.2. The second kappa shape index (κ2) is 14.4. The number of nitrogens with zero attached hydrogens (tertiary/aromatic N) is 6. The van der Waals surface area contributed by atoms with E-state index in [-0.39, 0.29) is 47.3 Å². The number of imide groups is 2. The Bertz CT molecular complexity index is 2330. The molecule has 2 atom stereocenters. The van der Waals surface area contributed by atoms with E-state index in [1.807, 2.05) is 17.0 Å². The van der Waals surface area contributed by atoms with E-state index < -0.39 is 29.7 Å². The van der Waals surface area contributed by atoms with Crippen molar-refractivity contribution < 1.29 is 28.7 Å². The first kappa shape index (κ1) is 39.0. The largest absolute Gasteiger partial charge is 0.489 e. The van der Waals surface area contributed by atoms with Gasteiger partial charge in [-0.15, -0.1) is 0 Å². The fourth-order valence-corrected chi connectivity index (χ4v) is 11.4. The lowest BCUT2D eigenvalue weighted by atomic mass is 9.49. The molecule has 6 aliphatic rings. The van der Waals surface area contributed by atoms with Crippen molar-refractivity contribution in [3.63, 3.8) is 0 Å². The Morgan fingerprint density at radius 3 is 2.17 bits per heavy atom. The van der Waals surface area contributed by atoms with Gasteiger partial charge in [0.1, 0.15) is 24.0 Å². The van der Waals surface area contributed by atoms with Crippen molar-refractivity contribution in [2.75, 3.05) is 49.1 Å². The van der Waals surface area contributed by atoms with Gasteiger partial charge in [-0.1, -0.05) is 39.3 Å². The number of piperazine rings is 1. The van der Waals surface area contributed by atoms with Crippen LogP contribution in [0.25, 0.3) is 0 Å². The molecule has 14 heteroatoms. The average molecular weight is 818 g/mol. The Hall–Kier alpha value is -5.45. The van der Waals surface area contributed by atoms with E-state index in [2.05, 4.69) is 65.9 Å². The smallest absolute Gasteiger partial charge is 0.262 e. The van der Waals surface area contributed by atoms with Crippen LogP contribution in [0.1, 0.15) is 95.6 Å². The number of rotatable bonds is 7. The van der Waals surface area contributed by atoms with Crippen molar-refractivity contribution >= 4 is 52.5 Å². The number of nitriles is 1. The van der Waals surface area contributed by atoms with Gasteiger partial charge >= 0.3 is 0 Å². The number of benzene rings is 3. The van der Waals surface area contributed by atoms with Gasteiger partial charge in [-0.3, -0.25) is 39.1 Å². The lowest BCUT2D eigenvalue weighted by Gasteiger charge is -2.65. The van der Waals surface area contributed by atoms with Crippen LogP contribution in [0.4, 0.5) is 11.4 Å². The number of amides is 5. The standard InChI is InChI=1S/C45H48ClN7O6/c1-44(2)42(45(3,4)43(44)59-31-10-7-26(23-47)35(46)22-31)52-24-27-20-28(8-11-32(27)39(52)56)49-16-18-50(19-17-49)30-6-5-15-51(25-30)29-9-12-33-34(21-29)41(58)53(40(33)57)36-13-14-37(54)48-38(36)55/h7-12,20-22,30,36,42-43H,5-6,13-19,24-25H2,1-4H3,(H,48,54,55)/t30?,36?,42-,43-. The second-order valence-corrected chi connectivity index (χ2v) is 18.4. The van der Waals surface area contributed by atoms with E-state index in [0.29, 0.717) is 34.5 Å². The predicted molar refractivity (Wildman–Crippen MR) is 220 cm³/mol. The van der Waals surface area contributed by atoms with Crippen molar-refractivity contribution in [3.8, 4) is 11.8 Å². The summed E-state index contributed by atoms with van der Waals surface area (Å²) in [7, 11) is 0. The molecule has 306 valence electrons. The number of anilines is 2. The fraction of sp³-hybridized carbons (Fsp3) is 0.467. The van der Waals surface area contributed by atoms with Gasteiger partial charge in [0.15, 0.2) is 0 Å². The molecule has 4 fully saturated rings. The number of piperidine rings is 2. The van der Waals surface area contributed by atoms with Crippen molar-refractivity contribution in [3.05, 3.63) is 87.4 Å². The molecule has 1 aliphatic carbocycles. The zero-order valence-electron chi connectivity index (χ0n) is 33.8. The maximum absolute atomic E-state index is 14.0. The molecule has 0 bridgehead atoms. The number of hydrogen-bond acceptors (Lipinski definition) is 10. The number of halogens is 1. The Morgan fingerprint density at radius 1 is 0.780 bits per heavy atom. The molecule has 5 heterocycles. The normalized spacial score (nSPS) is 26.3. The topological polar surface area (TPSA) is 147 Å². The number of nitrogens with one attached hydrogen (secondary N) is 1. The molecular weight excluding hydrogens is 770 g/mol. The van der Waals surface area contributed by atoms with Gasteiger partial charge in [-0.25, -0.2) is 0 Å². The summed E-state index contributed by atoms with van der Waals surface area (Å²) in [5.74, 6) is -1.33. The summed E-state index contributed by atoms with van der Waals surface area (Å²) in [6, 6.07) is 18.2. The molecule has 3 saturated heterocycles. The minimum absolute atomic E-state index is 0.0511. The van der Waals surface area contributed by atoms with E-state index in [9.17, 15) is 29.2 Å². The van der Waals surface area contributed by atoms with Crippen molar-refractivity contribution in [2.45, 2.75) is 84.2 Å². The van der Waals surface area contributed by atoms with Crippen LogP contribution < -0.4 is 19.9 Å². The molecule has 9 rings (SSSR count). The number of carbonyl (C=O) groups excluding carboxylic acids is 5. The SMILES string of the molecule is CC1(C)[C@H](Oc2ccc(C#N)c(Cl)c2)C(C)(C)[C@H]1N1Cc2cc(N3CCN(C4CCCN(c5ccc6c(c5)C(=O)N(C5CCC(=O)NC5=O)C6=O)C4)CC3)ccc2C1=O. The van der Waals surface area contributed by atoms with E-state index in [4.69, 9.17) is 16.3 Å². The second-order valence-electron chi connectivity index (χ2n) is 18.0. The van der Waals surface area contributed by atoms with Gasteiger partial charge in [0, 0.05) is 98.2 Å². The van der Waals surface area contributed by atoms with Gasteiger partial charge in [-0.05, 0) is 73.4 Å². The van der Waals surface area contributed by atoms with E-state index in [0.717, 1.165) is 79.5 Å². The Morgan fingerprint density at radius 2 is 1.47 bits per heavy atom. The first-order chi connectivity index (χ1) is 28.2. The zero-order chi connectivity index (χ0) is 41.5. The molecule has 1 saturated carbocycles. The molecule has 5 aliphatic heterocycles. The number of ether oxygens (including phenoxy) is 1. The maximum Gasteiger partial charge on any atom is 0.262 e. The molecule has 1 N–H and O–H groups in total. The summed E-state index contributed by atoms with van der Waals surface area (Å²) in [6.45, 7) is 14.3. The Kier molecular flexibility index (Phi) is 9.51. The quantitative estimate of drug-likeness (QED) is 0.314. The third-order valence-corrected chi connectivity index (χ3v) is 14.0. The zero-order valence-corrected chi connectivity index (χ0v) is 34.6. The van der Waals surface area contributed by atoms with Crippen LogP contribution in [0.15, 0.2) is 54.6 Å². The monoisotopic (exact) mass is 817 g/mol. The average Bonchev–Trinajstić information content (AvgIpc) is 3.66. The first-order valence-electron chi connectivity index (χ1n) is 20.6. The van der Waals surface area contributed by atoms with E-state index >= 15 is 0 Å². The van der Waals surface area contributed by atoms with Gasteiger partial charge in [-0.2, -0.15) is 5.26 Å². The van der Waals surface area contributed by atoms with E-state index in [1.54, 1.807) is 30.3 Å². The summed E-state index contributed by atoms with van der Waals surface area (Å²) >= 11 is 6.31. The third kappa shape index (κ3) is 6.43. The van der Waals surface area contributed by atoms with Crippen LogP contribution in [0.3, 0.4) is 0 Å². The van der Waals surface area contributed by atoms with Crippen LogP contribution >= 0.6 is 11.6 Å². The molecule has 3 aromatic carbocycles. The summed E-state index contributed by atoms with van der Waals surface area (Å²) in [4.78, 5) is 75.2. The lowest BCUT2D eigenvalue weighted by molar-refractivity contribution is -0.199. The lowest BCUT2D eigenvalue weighted by Crippen LogP contribution is -2.74. The number of carbonyl (C=O) groups is 5. The van der Waals surface area contributed by atoms with Gasteiger partial charge in [0.25, 0.3) is 17.7 Å². The summed E-state index contributed by atoms with van der Waals surface area (Å²) < 4.78 is 6.50. The molecule has 3 aromatic rings. The molecule has 0 radical (unpaired) electrons. The highest BCUT2D eigenvalue weighted by Gasteiger charge is 2.67. The summed E-state index contributed by atoms with van der Waals surface area (Å²) in [5, 5.41) is 11.9. The van der Waals surface area contributed by atoms with Crippen LogP contribution in [-0.4, -0.2) is 108 Å². The maximum atomic E-state index is 14.0. The van der Waals surface area contributed by atoms with Crippen molar-refractivity contribution in [2.24, 2.45) is 10.8 Å². The number of hydrogen-bond donors (Lipinski definition) is 1. The Labute approximate surface area is 348 Å². The third-order valence-electron chi connectivity index (χ3n) is 13.7. The molecule has 5 amide bonds. The first-order valence-corrected chi connectivity index (χ1v) is 20.9. The molecule has 59 heavy (non-hydrogen) atoms. The Balaban J connectivity index is 0.820. The minimum atomic E-state index is -0.986. The number of fused-ring (bicyclic) bond motifs is 2. The van der Waals surface area contributed by atoms with E-state index in [1.165, 1.54) is 0 Å². The molecule has 13 nitrogen and oxygen atoms in total. The molecule has 0 spiro atoms. The minimum Gasteiger partial charge on any atom is -0.489 e. The van der Waals surface area contributed by atoms with Crippen LogP contribution in [0.2, 0.25) is 5.02 Å². The van der Waals surface area contributed by atoms with Crippen molar-refractivity contribution in [1.29, 1.82) is 5.26 Å². The van der Waals surface area contributed by atoms with Crippen LogP contribution in [-0.2, 0) is 16.1 Å². The highest BCUT2D eigenvalue weighted by molar-refractivity contribution is 6.31. The highest BCUT2D eigenvalue weighted by atomic mass is 35.5. The van der Waals surface area contributed by atoms with Crippen LogP contribution in [0.5, 0.6) is 5.75 Å². The molecule has 0 aromatic heterocycles. The van der Waals surface area contributed by atoms with Crippen molar-refractivity contribution in [1.82, 2.24) is 20.0 Å². The predicted octanol–water partition coefficient (Wildman–Crippen LogP) is 5.24. The van der Waals surface area contributed by atoms with Gasteiger partial charge < -0.3 is 19.4 Å².